The summed E-state index contributed by atoms with van der Waals surface area (Å²) in [6.07, 6.45) is 2.53. The van der Waals surface area contributed by atoms with Crippen molar-refractivity contribution in [2.24, 2.45) is 0 Å². The van der Waals surface area contributed by atoms with Gasteiger partial charge in [-0.15, -0.1) is 0 Å². The van der Waals surface area contributed by atoms with Crippen LogP contribution in [-0.4, -0.2) is 36.5 Å². The molecular formula is C20H23BrN2O3S. The van der Waals surface area contributed by atoms with E-state index < -0.39 is 6.04 Å². The largest absolute Gasteiger partial charge is 0.484 e. The summed E-state index contributed by atoms with van der Waals surface area (Å²) in [5, 5.41) is 5.66. The maximum absolute atomic E-state index is 12.5. The van der Waals surface area contributed by atoms with Crippen molar-refractivity contribution < 1.29 is 14.3 Å². The summed E-state index contributed by atoms with van der Waals surface area (Å²) in [5.41, 5.74) is 0.986. The van der Waals surface area contributed by atoms with Crippen LogP contribution in [0.25, 0.3) is 0 Å². The lowest BCUT2D eigenvalue weighted by molar-refractivity contribution is -0.130. The molecular weight excluding hydrogens is 428 g/mol. The number of thioether (sulfide) groups is 1. The Bertz CT molecular complexity index is 743. The first kappa shape index (κ1) is 21.3. The lowest BCUT2D eigenvalue weighted by Crippen LogP contribution is -2.48. The second-order valence-corrected chi connectivity index (χ2v) is 7.75. The van der Waals surface area contributed by atoms with Gasteiger partial charge in [0.25, 0.3) is 5.91 Å². The number of ether oxygens (including phenoxy) is 1. The Morgan fingerprint density at radius 1 is 1.15 bits per heavy atom. The molecule has 5 nitrogen and oxygen atoms in total. The van der Waals surface area contributed by atoms with Gasteiger partial charge in [0.2, 0.25) is 5.91 Å². The van der Waals surface area contributed by atoms with Gasteiger partial charge in [0, 0.05) is 11.0 Å². The van der Waals surface area contributed by atoms with Crippen molar-refractivity contribution in [1.29, 1.82) is 0 Å². The number of halogens is 1. The number of hydrogen-bond donors (Lipinski definition) is 2. The van der Waals surface area contributed by atoms with Gasteiger partial charge in [-0.3, -0.25) is 9.59 Å². The number of nitrogens with one attached hydrogen (secondary N) is 2. The monoisotopic (exact) mass is 450 g/mol. The van der Waals surface area contributed by atoms with E-state index in [1.54, 1.807) is 23.9 Å². The van der Waals surface area contributed by atoms with Crippen molar-refractivity contribution >= 4 is 39.5 Å². The normalized spacial score (nSPS) is 11.5. The molecule has 27 heavy (non-hydrogen) atoms. The summed E-state index contributed by atoms with van der Waals surface area (Å²) in [4.78, 5) is 24.7. The number of amides is 2. The van der Waals surface area contributed by atoms with E-state index in [-0.39, 0.29) is 18.4 Å². The van der Waals surface area contributed by atoms with Crippen LogP contribution in [0.5, 0.6) is 5.75 Å². The zero-order valence-electron chi connectivity index (χ0n) is 15.1. The number of carbonyl (C=O) groups is 2. The van der Waals surface area contributed by atoms with Gasteiger partial charge >= 0.3 is 0 Å². The zero-order chi connectivity index (χ0) is 19.5. The van der Waals surface area contributed by atoms with Crippen molar-refractivity contribution in [2.75, 3.05) is 18.6 Å². The molecule has 2 aromatic rings. The van der Waals surface area contributed by atoms with E-state index in [1.807, 2.05) is 48.7 Å². The third-order valence-corrected chi connectivity index (χ3v) is 4.87. The van der Waals surface area contributed by atoms with Gasteiger partial charge in [-0.25, -0.2) is 0 Å². The molecule has 0 aliphatic carbocycles. The molecule has 2 amide bonds. The second-order valence-electron chi connectivity index (χ2n) is 5.85. The summed E-state index contributed by atoms with van der Waals surface area (Å²) < 4.78 is 6.40. The molecule has 7 heteroatoms. The summed E-state index contributed by atoms with van der Waals surface area (Å²) in [5.74, 6) is 0.876. The van der Waals surface area contributed by atoms with Crippen molar-refractivity contribution in [3.8, 4) is 5.75 Å². The van der Waals surface area contributed by atoms with Gasteiger partial charge in [0.15, 0.2) is 6.61 Å². The zero-order valence-corrected chi connectivity index (χ0v) is 17.5. The van der Waals surface area contributed by atoms with Crippen LogP contribution in [0.4, 0.5) is 0 Å². The quantitative estimate of drug-likeness (QED) is 0.581. The first-order chi connectivity index (χ1) is 13.1. The topological polar surface area (TPSA) is 67.4 Å². The highest BCUT2D eigenvalue weighted by atomic mass is 79.9. The molecule has 0 aliphatic rings. The summed E-state index contributed by atoms with van der Waals surface area (Å²) >= 11 is 5.05. The van der Waals surface area contributed by atoms with Gasteiger partial charge in [0.1, 0.15) is 11.8 Å². The summed E-state index contributed by atoms with van der Waals surface area (Å²) in [7, 11) is 0. The van der Waals surface area contributed by atoms with E-state index in [4.69, 9.17) is 4.74 Å². The number of rotatable bonds is 10. The molecule has 0 aromatic heterocycles. The molecule has 0 spiro atoms. The lowest BCUT2D eigenvalue weighted by Gasteiger charge is -2.18. The molecule has 0 bridgehead atoms. The average Bonchev–Trinajstić information content (AvgIpc) is 2.68. The average molecular weight is 451 g/mol. The Labute approximate surface area is 172 Å². The summed E-state index contributed by atoms with van der Waals surface area (Å²) in [6, 6.07) is 16.3. The van der Waals surface area contributed by atoms with Crippen molar-refractivity contribution in [1.82, 2.24) is 10.6 Å². The molecule has 0 saturated carbocycles. The fraction of sp³-hybridized carbons (Fsp3) is 0.300. The highest BCUT2D eigenvalue weighted by Crippen LogP contribution is 2.12. The number of hydrogen-bond acceptors (Lipinski definition) is 4. The van der Waals surface area contributed by atoms with Gasteiger partial charge in [-0.2, -0.15) is 11.8 Å². The second kappa shape index (κ2) is 11.7. The van der Waals surface area contributed by atoms with E-state index >= 15 is 0 Å². The van der Waals surface area contributed by atoms with Crippen LogP contribution in [0.3, 0.4) is 0 Å². The third-order valence-electron chi connectivity index (χ3n) is 3.73. The van der Waals surface area contributed by atoms with Crippen LogP contribution < -0.4 is 15.4 Å². The standard InChI is InChI=1S/C20H23BrN2O3S/c1-27-11-10-18(20(25)22-13-15-6-5-7-16(21)12-15)23-19(24)14-26-17-8-3-2-4-9-17/h2-9,12,18H,10-11,13-14H2,1H3,(H,22,25)(H,23,24). The summed E-state index contributed by atoms with van der Waals surface area (Å²) in [6.45, 7) is 0.281. The highest BCUT2D eigenvalue weighted by Gasteiger charge is 2.20. The third kappa shape index (κ3) is 8.05. The van der Waals surface area contributed by atoms with Crippen molar-refractivity contribution in [3.63, 3.8) is 0 Å². The molecule has 144 valence electrons. The Morgan fingerprint density at radius 2 is 1.93 bits per heavy atom. The Kier molecular flexibility index (Phi) is 9.21. The van der Waals surface area contributed by atoms with Crippen LogP contribution in [0.1, 0.15) is 12.0 Å². The Hall–Kier alpha value is -1.99. The predicted molar refractivity (Wildman–Crippen MR) is 113 cm³/mol. The fourth-order valence-corrected chi connectivity index (χ4v) is 3.28. The SMILES string of the molecule is CSCCC(NC(=O)COc1ccccc1)C(=O)NCc1cccc(Br)c1. The van der Waals surface area contributed by atoms with E-state index in [9.17, 15) is 9.59 Å². The van der Waals surface area contributed by atoms with Gasteiger partial charge in [-0.1, -0.05) is 46.3 Å². The fourth-order valence-electron chi connectivity index (χ4n) is 2.37. The smallest absolute Gasteiger partial charge is 0.258 e. The molecule has 0 radical (unpaired) electrons. The minimum Gasteiger partial charge on any atom is -0.484 e. The van der Waals surface area contributed by atoms with Crippen LogP contribution >= 0.6 is 27.7 Å². The van der Waals surface area contributed by atoms with Crippen LogP contribution in [0.2, 0.25) is 0 Å². The Morgan fingerprint density at radius 3 is 2.63 bits per heavy atom. The van der Waals surface area contributed by atoms with E-state index in [1.165, 1.54) is 0 Å². The van der Waals surface area contributed by atoms with Crippen LogP contribution in [-0.2, 0) is 16.1 Å². The van der Waals surface area contributed by atoms with Crippen molar-refractivity contribution in [3.05, 3.63) is 64.6 Å². The molecule has 2 N–H and O–H groups in total. The molecule has 0 fully saturated rings. The van der Waals surface area contributed by atoms with Gasteiger partial charge in [0.05, 0.1) is 0 Å². The first-order valence-electron chi connectivity index (χ1n) is 8.57. The molecule has 2 aromatic carbocycles. The molecule has 1 atom stereocenters. The maximum Gasteiger partial charge on any atom is 0.258 e. The molecule has 0 saturated heterocycles. The predicted octanol–water partition coefficient (Wildman–Crippen LogP) is 3.38. The van der Waals surface area contributed by atoms with Gasteiger partial charge in [-0.05, 0) is 48.3 Å². The number of carbonyl (C=O) groups excluding carboxylic acids is 2. The molecule has 0 aliphatic heterocycles. The van der Waals surface area contributed by atoms with E-state index in [0.29, 0.717) is 18.7 Å². The van der Waals surface area contributed by atoms with E-state index in [0.717, 1.165) is 15.8 Å². The molecule has 2 rings (SSSR count). The maximum atomic E-state index is 12.5. The van der Waals surface area contributed by atoms with Crippen LogP contribution in [0, 0.1) is 0 Å². The number of benzene rings is 2. The Balaban J connectivity index is 1.86. The lowest BCUT2D eigenvalue weighted by atomic mass is 10.2. The number of para-hydroxylation sites is 1. The van der Waals surface area contributed by atoms with Crippen LogP contribution in [0.15, 0.2) is 59.1 Å². The van der Waals surface area contributed by atoms with Gasteiger partial charge < -0.3 is 15.4 Å². The van der Waals surface area contributed by atoms with E-state index in [2.05, 4.69) is 26.6 Å². The minimum absolute atomic E-state index is 0.126. The minimum atomic E-state index is -0.587. The van der Waals surface area contributed by atoms with Crippen molar-refractivity contribution in [2.45, 2.75) is 19.0 Å². The molecule has 1 unspecified atom stereocenters. The first-order valence-corrected chi connectivity index (χ1v) is 10.8. The highest BCUT2D eigenvalue weighted by molar-refractivity contribution is 9.10. The molecule has 0 heterocycles.